The Kier molecular flexibility index (Phi) is 7.97. The molecule has 108 valence electrons. The SMILES string of the molecule is COCCOCCCOCc1ccc(OC)c(N)c1. The number of ether oxygens (including phenoxy) is 4. The summed E-state index contributed by atoms with van der Waals surface area (Å²) in [4.78, 5) is 0. The van der Waals surface area contributed by atoms with Crippen LogP contribution in [0.3, 0.4) is 0 Å². The molecule has 0 spiro atoms. The molecule has 1 aromatic rings. The number of methoxy groups -OCH3 is 2. The van der Waals surface area contributed by atoms with Gasteiger partial charge >= 0.3 is 0 Å². The van der Waals surface area contributed by atoms with Gasteiger partial charge in [-0.3, -0.25) is 0 Å². The van der Waals surface area contributed by atoms with Gasteiger partial charge in [0.25, 0.3) is 0 Å². The van der Waals surface area contributed by atoms with E-state index in [-0.39, 0.29) is 0 Å². The van der Waals surface area contributed by atoms with Crippen molar-refractivity contribution in [3.63, 3.8) is 0 Å². The Hall–Kier alpha value is -1.30. The Morgan fingerprint density at radius 2 is 1.79 bits per heavy atom. The topological polar surface area (TPSA) is 62.9 Å². The summed E-state index contributed by atoms with van der Waals surface area (Å²) in [6, 6.07) is 5.67. The molecule has 0 saturated heterocycles. The highest BCUT2D eigenvalue weighted by molar-refractivity contribution is 5.54. The van der Waals surface area contributed by atoms with Gasteiger partial charge in [-0.25, -0.2) is 0 Å². The molecule has 0 atom stereocenters. The molecule has 0 saturated carbocycles. The van der Waals surface area contributed by atoms with Crippen LogP contribution in [-0.4, -0.2) is 40.6 Å². The van der Waals surface area contributed by atoms with Gasteiger partial charge in [0.05, 0.1) is 32.6 Å². The molecule has 0 unspecified atom stereocenters. The number of nitrogen functional groups attached to an aromatic ring is 1. The first-order valence-corrected chi connectivity index (χ1v) is 6.34. The molecule has 5 nitrogen and oxygen atoms in total. The lowest BCUT2D eigenvalue weighted by Crippen LogP contribution is -2.05. The second-order valence-electron chi connectivity index (χ2n) is 4.09. The lowest BCUT2D eigenvalue weighted by molar-refractivity contribution is 0.0483. The average Bonchev–Trinajstić information content (AvgIpc) is 2.42. The maximum atomic E-state index is 5.82. The van der Waals surface area contributed by atoms with Crippen LogP contribution in [0.15, 0.2) is 18.2 Å². The zero-order chi connectivity index (χ0) is 13.9. The summed E-state index contributed by atoms with van der Waals surface area (Å²) in [7, 11) is 3.26. The van der Waals surface area contributed by atoms with Crippen LogP contribution in [0.5, 0.6) is 5.75 Å². The highest BCUT2D eigenvalue weighted by Crippen LogP contribution is 2.22. The van der Waals surface area contributed by atoms with Crippen LogP contribution in [-0.2, 0) is 20.8 Å². The van der Waals surface area contributed by atoms with Crippen LogP contribution in [0, 0.1) is 0 Å². The number of hydrogen-bond acceptors (Lipinski definition) is 5. The summed E-state index contributed by atoms with van der Waals surface area (Å²) in [6.45, 7) is 3.16. The number of anilines is 1. The van der Waals surface area contributed by atoms with Gasteiger partial charge in [0.1, 0.15) is 5.75 Å². The van der Waals surface area contributed by atoms with E-state index < -0.39 is 0 Å². The Balaban J connectivity index is 2.11. The van der Waals surface area contributed by atoms with Crippen LogP contribution in [0.25, 0.3) is 0 Å². The number of hydrogen-bond donors (Lipinski definition) is 1. The number of rotatable bonds is 10. The summed E-state index contributed by atoms with van der Waals surface area (Å²) in [5, 5.41) is 0. The molecule has 0 radical (unpaired) electrons. The zero-order valence-electron chi connectivity index (χ0n) is 11.7. The molecule has 0 amide bonds. The summed E-state index contributed by atoms with van der Waals surface area (Å²) in [5.74, 6) is 0.690. The van der Waals surface area contributed by atoms with E-state index in [9.17, 15) is 0 Å². The van der Waals surface area contributed by atoms with Crippen molar-refractivity contribution in [2.45, 2.75) is 13.0 Å². The first kappa shape index (κ1) is 15.8. The minimum absolute atomic E-state index is 0.548. The molecule has 0 bridgehead atoms. The molecular formula is C14H23NO4. The smallest absolute Gasteiger partial charge is 0.141 e. The third-order valence-electron chi connectivity index (χ3n) is 2.57. The third kappa shape index (κ3) is 6.42. The second kappa shape index (κ2) is 9.61. The van der Waals surface area contributed by atoms with Gasteiger partial charge in [-0.1, -0.05) is 6.07 Å². The molecule has 1 rings (SSSR count). The van der Waals surface area contributed by atoms with E-state index in [0.717, 1.165) is 12.0 Å². The highest BCUT2D eigenvalue weighted by Gasteiger charge is 2.00. The third-order valence-corrected chi connectivity index (χ3v) is 2.57. The fraction of sp³-hybridized carbons (Fsp3) is 0.571. The number of benzene rings is 1. The molecular weight excluding hydrogens is 246 g/mol. The minimum atomic E-state index is 0.548. The summed E-state index contributed by atoms with van der Waals surface area (Å²) >= 11 is 0. The van der Waals surface area contributed by atoms with Crippen molar-refractivity contribution in [3.8, 4) is 5.75 Å². The Labute approximate surface area is 114 Å². The van der Waals surface area contributed by atoms with Gasteiger partial charge in [0.15, 0.2) is 0 Å². The van der Waals surface area contributed by atoms with Crippen LogP contribution in [0.1, 0.15) is 12.0 Å². The van der Waals surface area contributed by atoms with Crippen LogP contribution < -0.4 is 10.5 Å². The van der Waals surface area contributed by atoms with Crippen molar-refractivity contribution < 1.29 is 18.9 Å². The van der Waals surface area contributed by atoms with Crippen molar-refractivity contribution in [2.75, 3.05) is 46.4 Å². The first-order valence-electron chi connectivity index (χ1n) is 6.34. The molecule has 0 aromatic heterocycles. The van der Waals surface area contributed by atoms with Gasteiger partial charge in [-0.2, -0.15) is 0 Å². The Morgan fingerprint density at radius 3 is 2.47 bits per heavy atom. The van der Waals surface area contributed by atoms with Crippen LogP contribution >= 0.6 is 0 Å². The van der Waals surface area contributed by atoms with Gasteiger partial charge in [-0.15, -0.1) is 0 Å². The molecule has 0 aliphatic carbocycles. The predicted molar refractivity (Wildman–Crippen MR) is 74.4 cm³/mol. The molecule has 0 aliphatic heterocycles. The second-order valence-corrected chi connectivity index (χ2v) is 4.09. The van der Waals surface area contributed by atoms with E-state index in [2.05, 4.69) is 0 Å². The minimum Gasteiger partial charge on any atom is -0.495 e. The molecule has 0 heterocycles. The lowest BCUT2D eigenvalue weighted by Gasteiger charge is -2.08. The van der Waals surface area contributed by atoms with E-state index in [4.69, 9.17) is 24.7 Å². The predicted octanol–water partition coefficient (Wildman–Crippen LogP) is 1.85. The average molecular weight is 269 g/mol. The highest BCUT2D eigenvalue weighted by atomic mass is 16.5. The van der Waals surface area contributed by atoms with E-state index in [1.807, 2.05) is 18.2 Å². The van der Waals surface area contributed by atoms with Crippen molar-refractivity contribution in [1.29, 1.82) is 0 Å². The van der Waals surface area contributed by atoms with Crippen LogP contribution in [0.4, 0.5) is 5.69 Å². The van der Waals surface area contributed by atoms with E-state index >= 15 is 0 Å². The maximum Gasteiger partial charge on any atom is 0.141 e. The largest absolute Gasteiger partial charge is 0.495 e. The Morgan fingerprint density at radius 1 is 1.00 bits per heavy atom. The summed E-state index contributed by atoms with van der Waals surface area (Å²) in [6.07, 6.45) is 0.870. The van der Waals surface area contributed by atoms with Crippen molar-refractivity contribution in [2.24, 2.45) is 0 Å². The molecule has 5 heteroatoms. The van der Waals surface area contributed by atoms with Crippen LogP contribution in [0.2, 0.25) is 0 Å². The van der Waals surface area contributed by atoms with Gasteiger partial charge < -0.3 is 24.7 Å². The summed E-state index contributed by atoms with van der Waals surface area (Å²) in [5.41, 5.74) is 7.49. The monoisotopic (exact) mass is 269 g/mol. The van der Waals surface area contributed by atoms with Gasteiger partial charge in [0, 0.05) is 20.3 Å². The van der Waals surface area contributed by atoms with Crippen molar-refractivity contribution in [3.05, 3.63) is 23.8 Å². The molecule has 0 fully saturated rings. The van der Waals surface area contributed by atoms with E-state index in [1.54, 1.807) is 14.2 Å². The number of nitrogens with two attached hydrogens (primary N) is 1. The molecule has 2 N–H and O–H groups in total. The quantitative estimate of drug-likeness (QED) is 0.519. The fourth-order valence-corrected chi connectivity index (χ4v) is 1.57. The lowest BCUT2D eigenvalue weighted by atomic mass is 10.2. The molecule has 1 aromatic carbocycles. The van der Waals surface area contributed by atoms with E-state index in [1.165, 1.54) is 0 Å². The maximum absolute atomic E-state index is 5.82. The van der Waals surface area contributed by atoms with Crippen molar-refractivity contribution in [1.82, 2.24) is 0 Å². The van der Waals surface area contributed by atoms with Crippen molar-refractivity contribution >= 4 is 5.69 Å². The van der Waals surface area contributed by atoms with Gasteiger partial charge in [-0.05, 0) is 24.1 Å². The standard InChI is InChI=1S/C14H23NO4/c1-16-8-9-18-6-3-7-19-11-12-4-5-14(17-2)13(15)10-12/h4-5,10H,3,6-9,11,15H2,1-2H3. The fourth-order valence-electron chi connectivity index (χ4n) is 1.57. The first-order chi connectivity index (χ1) is 9.27. The normalized spacial score (nSPS) is 10.6. The van der Waals surface area contributed by atoms with E-state index in [0.29, 0.717) is 44.5 Å². The van der Waals surface area contributed by atoms with Gasteiger partial charge in [0.2, 0.25) is 0 Å². The molecule has 19 heavy (non-hydrogen) atoms. The Bertz CT molecular complexity index is 357. The molecule has 0 aliphatic rings. The zero-order valence-corrected chi connectivity index (χ0v) is 11.7. The summed E-state index contributed by atoms with van der Waals surface area (Å²) < 4.78 is 20.9.